The Balaban J connectivity index is 1.93. The highest BCUT2D eigenvalue weighted by Gasteiger charge is 2.18. The van der Waals surface area contributed by atoms with Gasteiger partial charge in [0.15, 0.2) is 5.76 Å². The van der Waals surface area contributed by atoms with E-state index in [2.05, 4.69) is 14.7 Å². The van der Waals surface area contributed by atoms with Crippen LogP contribution >= 0.6 is 11.6 Å². The zero-order valence-electron chi connectivity index (χ0n) is 12.0. The van der Waals surface area contributed by atoms with Gasteiger partial charge < -0.3 is 4.42 Å². The molecule has 2 aromatic heterocycles. The van der Waals surface area contributed by atoms with E-state index in [1.54, 1.807) is 18.2 Å². The van der Waals surface area contributed by atoms with E-state index in [9.17, 15) is 8.42 Å². The molecule has 0 aliphatic carbocycles. The summed E-state index contributed by atoms with van der Waals surface area (Å²) in [6, 6.07) is 10.6. The average molecular weight is 361 g/mol. The lowest BCUT2D eigenvalue weighted by Crippen LogP contribution is -2.15. The Hall–Kier alpha value is -2.89. The molecule has 0 aliphatic heterocycles. The summed E-state index contributed by atoms with van der Waals surface area (Å²) in [6.07, 6.45) is 2.89. The summed E-state index contributed by atoms with van der Waals surface area (Å²) in [5.74, 6) is 0.369. The lowest BCUT2D eigenvalue weighted by Gasteiger charge is -2.08. The van der Waals surface area contributed by atoms with E-state index in [0.29, 0.717) is 11.5 Å². The van der Waals surface area contributed by atoms with Crippen LogP contribution in [-0.2, 0) is 10.0 Å². The smallest absolute Gasteiger partial charge is 0.264 e. The molecule has 0 radical (unpaired) electrons. The number of rotatable bonds is 4. The molecular weight excluding hydrogens is 352 g/mol. The molecule has 0 saturated heterocycles. The summed E-state index contributed by atoms with van der Waals surface area (Å²) < 4.78 is 32.3. The van der Waals surface area contributed by atoms with Crippen molar-refractivity contribution in [2.45, 2.75) is 4.90 Å². The first kappa shape index (κ1) is 16.0. The Morgan fingerprint density at radius 3 is 2.79 bits per heavy atom. The van der Waals surface area contributed by atoms with Crippen LogP contribution in [0, 0.1) is 11.3 Å². The van der Waals surface area contributed by atoms with Crippen molar-refractivity contribution in [1.29, 1.82) is 5.26 Å². The summed E-state index contributed by atoms with van der Waals surface area (Å²) in [5, 5.41) is 9.13. The fourth-order valence-corrected chi connectivity index (χ4v) is 3.04. The number of nitrogens with zero attached hydrogens (tertiary/aromatic N) is 3. The Morgan fingerprint density at radius 1 is 1.25 bits per heavy atom. The Bertz CT molecular complexity index is 1030. The number of benzene rings is 1. The normalized spacial score (nSPS) is 11.0. The predicted molar refractivity (Wildman–Crippen MR) is 86.7 cm³/mol. The largest absolute Gasteiger partial charge is 0.463 e. The third kappa shape index (κ3) is 3.22. The molecule has 1 N–H and O–H groups in total. The third-order valence-corrected chi connectivity index (χ3v) is 4.68. The molecule has 0 aliphatic rings. The highest BCUT2D eigenvalue weighted by Crippen LogP contribution is 2.22. The molecule has 24 heavy (non-hydrogen) atoms. The predicted octanol–water partition coefficient (Wildman–Crippen LogP) is 3.06. The summed E-state index contributed by atoms with van der Waals surface area (Å²) in [6.45, 7) is 0. The Labute approximate surface area is 142 Å². The molecule has 0 atom stereocenters. The Kier molecular flexibility index (Phi) is 4.20. The summed E-state index contributed by atoms with van der Waals surface area (Å²) in [7, 11) is -3.96. The van der Waals surface area contributed by atoms with Gasteiger partial charge in [-0.3, -0.25) is 0 Å². The van der Waals surface area contributed by atoms with Gasteiger partial charge in [-0.15, -0.1) is 0 Å². The fraction of sp³-hybridized carbons (Fsp3) is 0. The van der Waals surface area contributed by atoms with Crippen LogP contribution in [0.5, 0.6) is 0 Å². The molecule has 0 bridgehead atoms. The maximum absolute atomic E-state index is 12.4. The van der Waals surface area contributed by atoms with Gasteiger partial charge in [-0.1, -0.05) is 11.6 Å². The van der Waals surface area contributed by atoms with Crippen LogP contribution in [0.2, 0.25) is 5.02 Å². The first-order valence-corrected chi connectivity index (χ1v) is 8.45. The molecule has 9 heteroatoms. The Morgan fingerprint density at radius 2 is 2.08 bits per heavy atom. The van der Waals surface area contributed by atoms with Crippen molar-refractivity contribution in [3.63, 3.8) is 0 Å². The van der Waals surface area contributed by atoms with Gasteiger partial charge in [-0.05, 0) is 36.4 Å². The number of aromatic nitrogens is 2. The lowest BCUT2D eigenvalue weighted by molar-refractivity contribution is 0.579. The first-order valence-electron chi connectivity index (χ1n) is 6.59. The number of nitriles is 1. The van der Waals surface area contributed by atoms with Crippen molar-refractivity contribution >= 4 is 27.6 Å². The van der Waals surface area contributed by atoms with Crippen molar-refractivity contribution in [3.05, 3.63) is 59.4 Å². The maximum Gasteiger partial charge on any atom is 0.264 e. The van der Waals surface area contributed by atoms with E-state index in [4.69, 9.17) is 21.3 Å². The van der Waals surface area contributed by atoms with Crippen LogP contribution in [0.3, 0.4) is 0 Å². The van der Waals surface area contributed by atoms with Gasteiger partial charge in [0.05, 0.1) is 21.7 Å². The van der Waals surface area contributed by atoms with Gasteiger partial charge in [0.2, 0.25) is 5.95 Å². The van der Waals surface area contributed by atoms with Crippen molar-refractivity contribution in [1.82, 2.24) is 9.97 Å². The fourth-order valence-electron chi connectivity index (χ4n) is 1.91. The van der Waals surface area contributed by atoms with Gasteiger partial charge in [-0.25, -0.2) is 23.1 Å². The molecule has 0 amide bonds. The van der Waals surface area contributed by atoms with Gasteiger partial charge >= 0.3 is 0 Å². The number of nitrogens with one attached hydrogen (secondary N) is 1. The summed E-state index contributed by atoms with van der Waals surface area (Å²) in [5.41, 5.74) is 0.492. The van der Waals surface area contributed by atoms with Crippen molar-refractivity contribution in [3.8, 4) is 17.5 Å². The van der Waals surface area contributed by atoms with Crippen LogP contribution < -0.4 is 4.72 Å². The molecule has 3 aromatic rings. The number of hydrogen-bond donors (Lipinski definition) is 1. The molecule has 2 heterocycles. The minimum atomic E-state index is -3.96. The molecule has 3 rings (SSSR count). The van der Waals surface area contributed by atoms with Crippen molar-refractivity contribution in [2.24, 2.45) is 0 Å². The highest BCUT2D eigenvalue weighted by molar-refractivity contribution is 7.92. The molecule has 0 saturated carbocycles. The number of halogens is 1. The molecule has 0 unspecified atom stereocenters. The lowest BCUT2D eigenvalue weighted by atomic mass is 10.2. The number of hydrogen-bond acceptors (Lipinski definition) is 6. The van der Waals surface area contributed by atoms with E-state index >= 15 is 0 Å². The van der Waals surface area contributed by atoms with Gasteiger partial charge in [0.25, 0.3) is 10.0 Å². The van der Waals surface area contributed by atoms with Crippen LogP contribution in [-0.4, -0.2) is 18.4 Å². The van der Waals surface area contributed by atoms with E-state index < -0.39 is 10.0 Å². The standard InChI is InChI=1S/C15H9ClN4O3S/c16-12-4-3-11(8-10(12)9-17)24(21,22)20-15-18-6-5-13(19-15)14-2-1-7-23-14/h1-8H,(H,18,19,20). The summed E-state index contributed by atoms with van der Waals surface area (Å²) in [4.78, 5) is 7.87. The number of furan rings is 1. The van der Waals surface area contributed by atoms with E-state index in [1.165, 1.54) is 30.7 Å². The van der Waals surface area contributed by atoms with Crippen LogP contribution in [0.4, 0.5) is 5.95 Å². The van der Waals surface area contributed by atoms with Gasteiger partial charge in [0.1, 0.15) is 11.8 Å². The van der Waals surface area contributed by atoms with Crippen LogP contribution in [0.25, 0.3) is 11.5 Å². The average Bonchev–Trinajstić information content (AvgIpc) is 3.09. The molecular formula is C15H9ClN4O3S. The zero-order valence-corrected chi connectivity index (χ0v) is 13.5. The maximum atomic E-state index is 12.4. The molecule has 7 nitrogen and oxygen atoms in total. The first-order chi connectivity index (χ1) is 11.5. The number of sulfonamides is 1. The minimum absolute atomic E-state index is 0.0600. The van der Waals surface area contributed by atoms with Gasteiger partial charge in [0, 0.05) is 6.20 Å². The second-order valence-corrected chi connectivity index (χ2v) is 6.69. The number of anilines is 1. The third-order valence-electron chi connectivity index (χ3n) is 3.02. The molecule has 0 spiro atoms. The van der Waals surface area contributed by atoms with Crippen molar-refractivity contribution in [2.75, 3.05) is 4.72 Å². The molecule has 0 fully saturated rings. The van der Waals surface area contributed by atoms with E-state index in [1.807, 2.05) is 6.07 Å². The van der Waals surface area contributed by atoms with Crippen LogP contribution in [0.15, 0.2) is 58.2 Å². The monoisotopic (exact) mass is 360 g/mol. The molecule has 120 valence electrons. The van der Waals surface area contributed by atoms with Crippen molar-refractivity contribution < 1.29 is 12.8 Å². The van der Waals surface area contributed by atoms with E-state index in [0.717, 1.165) is 0 Å². The summed E-state index contributed by atoms with van der Waals surface area (Å²) >= 11 is 5.81. The van der Waals surface area contributed by atoms with Crippen LogP contribution in [0.1, 0.15) is 5.56 Å². The minimum Gasteiger partial charge on any atom is -0.463 e. The zero-order chi connectivity index (χ0) is 17.2. The van der Waals surface area contributed by atoms with E-state index in [-0.39, 0.29) is 21.4 Å². The topological polar surface area (TPSA) is 109 Å². The second-order valence-electron chi connectivity index (χ2n) is 4.60. The molecule has 1 aromatic carbocycles. The quantitative estimate of drug-likeness (QED) is 0.765. The SMILES string of the molecule is N#Cc1cc(S(=O)(=O)Nc2nccc(-c3ccco3)n2)ccc1Cl. The van der Waals surface area contributed by atoms with Gasteiger partial charge in [-0.2, -0.15) is 5.26 Å². The highest BCUT2D eigenvalue weighted by atomic mass is 35.5. The second kappa shape index (κ2) is 6.31.